The van der Waals surface area contributed by atoms with Gasteiger partial charge in [0.25, 0.3) is 5.91 Å². The first kappa shape index (κ1) is 15.3. The number of nitrogens with zero attached hydrogens (tertiary/aromatic N) is 2. The minimum atomic E-state index is -1.13. The fourth-order valence-corrected chi connectivity index (χ4v) is 3.77. The van der Waals surface area contributed by atoms with Gasteiger partial charge in [-0.2, -0.15) is 0 Å². The molecule has 0 spiro atoms. The zero-order valence-corrected chi connectivity index (χ0v) is 13.4. The van der Waals surface area contributed by atoms with Crippen molar-refractivity contribution in [3.05, 3.63) is 29.8 Å². The molecule has 3 rings (SSSR count). The van der Waals surface area contributed by atoms with Gasteiger partial charge in [0, 0.05) is 32.4 Å². The Bertz CT molecular complexity index is 532. The Morgan fingerprint density at radius 3 is 2.50 bits per heavy atom. The Kier molecular flexibility index (Phi) is 4.39. The van der Waals surface area contributed by atoms with Crippen molar-refractivity contribution in [1.82, 2.24) is 4.90 Å². The third kappa shape index (κ3) is 2.98. The quantitative estimate of drug-likeness (QED) is 0.929. The smallest absolute Gasteiger partial charge is 0.254 e. The molecule has 22 heavy (non-hydrogen) atoms. The van der Waals surface area contributed by atoms with Gasteiger partial charge in [0.15, 0.2) is 0 Å². The fourth-order valence-electron chi connectivity index (χ4n) is 3.77. The van der Waals surface area contributed by atoms with E-state index in [1.54, 1.807) is 11.9 Å². The van der Waals surface area contributed by atoms with Crippen LogP contribution in [0.2, 0.25) is 0 Å². The monoisotopic (exact) mass is 302 g/mol. The highest BCUT2D eigenvalue weighted by Gasteiger charge is 2.40. The molecule has 2 fully saturated rings. The van der Waals surface area contributed by atoms with Gasteiger partial charge in [0.1, 0.15) is 5.60 Å². The lowest BCUT2D eigenvalue weighted by Gasteiger charge is -2.29. The Morgan fingerprint density at radius 2 is 1.82 bits per heavy atom. The second kappa shape index (κ2) is 6.29. The highest BCUT2D eigenvalue weighted by molar-refractivity contribution is 5.85. The van der Waals surface area contributed by atoms with Crippen LogP contribution in [0.25, 0.3) is 0 Å². The normalized spacial score (nSPS) is 20.4. The SMILES string of the molecule is CN(Cc1ccccc1N1CCCC1)C(=O)C1(O)CCCC1. The van der Waals surface area contributed by atoms with Crippen molar-refractivity contribution in [3.63, 3.8) is 0 Å². The largest absolute Gasteiger partial charge is 0.380 e. The zero-order valence-electron chi connectivity index (χ0n) is 13.4. The van der Waals surface area contributed by atoms with Crippen LogP contribution in [-0.4, -0.2) is 41.7 Å². The lowest BCUT2D eigenvalue weighted by molar-refractivity contribution is -0.149. The minimum absolute atomic E-state index is 0.124. The van der Waals surface area contributed by atoms with E-state index < -0.39 is 5.60 Å². The van der Waals surface area contributed by atoms with E-state index in [4.69, 9.17) is 0 Å². The van der Waals surface area contributed by atoms with E-state index >= 15 is 0 Å². The average molecular weight is 302 g/mol. The number of hydrogen-bond acceptors (Lipinski definition) is 3. The number of likely N-dealkylation sites (N-methyl/N-ethyl adjacent to an activating group) is 1. The summed E-state index contributed by atoms with van der Waals surface area (Å²) in [6.45, 7) is 2.75. The van der Waals surface area contributed by atoms with Crippen molar-refractivity contribution >= 4 is 11.6 Å². The summed E-state index contributed by atoms with van der Waals surface area (Å²) in [5, 5.41) is 10.5. The molecular weight excluding hydrogens is 276 g/mol. The topological polar surface area (TPSA) is 43.8 Å². The summed E-state index contributed by atoms with van der Waals surface area (Å²) in [6.07, 6.45) is 5.57. The van der Waals surface area contributed by atoms with E-state index in [0.717, 1.165) is 25.9 Å². The van der Waals surface area contributed by atoms with Gasteiger partial charge in [-0.15, -0.1) is 0 Å². The number of rotatable bonds is 4. The maximum Gasteiger partial charge on any atom is 0.254 e. The van der Waals surface area contributed by atoms with Gasteiger partial charge in [0.2, 0.25) is 0 Å². The van der Waals surface area contributed by atoms with Crippen molar-refractivity contribution in [3.8, 4) is 0 Å². The van der Waals surface area contributed by atoms with E-state index in [1.807, 2.05) is 6.07 Å². The van der Waals surface area contributed by atoms with Gasteiger partial charge >= 0.3 is 0 Å². The summed E-state index contributed by atoms with van der Waals surface area (Å²) in [5.41, 5.74) is 1.28. The zero-order chi connectivity index (χ0) is 15.6. The Morgan fingerprint density at radius 1 is 1.18 bits per heavy atom. The van der Waals surface area contributed by atoms with E-state index in [9.17, 15) is 9.90 Å². The lowest BCUT2D eigenvalue weighted by Crippen LogP contribution is -2.45. The lowest BCUT2D eigenvalue weighted by atomic mass is 10.0. The van der Waals surface area contributed by atoms with Crippen LogP contribution >= 0.6 is 0 Å². The van der Waals surface area contributed by atoms with Gasteiger partial charge in [-0.3, -0.25) is 4.79 Å². The van der Waals surface area contributed by atoms with Gasteiger partial charge in [-0.1, -0.05) is 18.2 Å². The maximum absolute atomic E-state index is 12.6. The first-order valence-electron chi connectivity index (χ1n) is 8.41. The van der Waals surface area contributed by atoms with Crippen LogP contribution < -0.4 is 4.90 Å². The molecule has 120 valence electrons. The highest BCUT2D eigenvalue weighted by atomic mass is 16.3. The number of anilines is 1. The molecule has 1 amide bonds. The number of carbonyl (C=O) groups is 1. The molecule has 1 saturated carbocycles. The molecule has 1 saturated heterocycles. The first-order chi connectivity index (χ1) is 10.6. The average Bonchev–Trinajstić information content (AvgIpc) is 3.19. The van der Waals surface area contributed by atoms with E-state index in [0.29, 0.717) is 19.4 Å². The van der Waals surface area contributed by atoms with Crippen LogP contribution in [0.5, 0.6) is 0 Å². The number of para-hydroxylation sites is 1. The van der Waals surface area contributed by atoms with Gasteiger partial charge < -0.3 is 14.9 Å². The number of hydrogen-bond donors (Lipinski definition) is 1. The molecule has 4 nitrogen and oxygen atoms in total. The minimum Gasteiger partial charge on any atom is -0.380 e. The molecule has 0 bridgehead atoms. The molecule has 0 unspecified atom stereocenters. The van der Waals surface area contributed by atoms with Crippen LogP contribution in [-0.2, 0) is 11.3 Å². The molecule has 4 heteroatoms. The van der Waals surface area contributed by atoms with Crippen molar-refractivity contribution in [2.45, 2.75) is 50.7 Å². The number of carbonyl (C=O) groups excluding carboxylic acids is 1. The van der Waals surface area contributed by atoms with Crippen molar-refractivity contribution in [2.24, 2.45) is 0 Å². The second-order valence-corrected chi connectivity index (χ2v) is 6.72. The summed E-state index contributed by atoms with van der Waals surface area (Å²) in [7, 11) is 1.80. The highest BCUT2D eigenvalue weighted by Crippen LogP contribution is 2.32. The molecule has 1 aromatic carbocycles. The molecule has 2 aliphatic rings. The summed E-state index contributed by atoms with van der Waals surface area (Å²) in [4.78, 5) is 16.7. The molecule has 1 aliphatic carbocycles. The molecule has 1 aliphatic heterocycles. The predicted octanol–water partition coefficient (Wildman–Crippen LogP) is 2.55. The molecule has 0 aromatic heterocycles. The van der Waals surface area contributed by atoms with Gasteiger partial charge in [-0.05, 0) is 50.2 Å². The van der Waals surface area contributed by atoms with Gasteiger partial charge in [0.05, 0.1) is 0 Å². The van der Waals surface area contributed by atoms with Crippen molar-refractivity contribution in [1.29, 1.82) is 0 Å². The van der Waals surface area contributed by atoms with E-state index in [2.05, 4.69) is 23.1 Å². The maximum atomic E-state index is 12.6. The summed E-state index contributed by atoms with van der Waals surface area (Å²) < 4.78 is 0. The molecule has 1 heterocycles. The fraction of sp³-hybridized carbons (Fsp3) is 0.611. The van der Waals surface area contributed by atoms with Crippen LogP contribution in [0.4, 0.5) is 5.69 Å². The number of amides is 1. The first-order valence-corrected chi connectivity index (χ1v) is 8.41. The predicted molar refractivity (Wildman–Crippen MR) is 87.8 cm³/mol. The standard InChI is InChI=1S/C18H26N2O2/c1-19(17(21)18(22)10-4-5-11-18)14-15-8-2-3-9-16(15)20-12-6-7-13-20/h2-3,8-9,22H,4-7,10-14H2,1H3. The van der Waals surface area contributed by atoms with E-state index in [1.165, 1.54) is 24.1 Å². The van der Waals surface area contributed by atoms with E-state index in [-0.39, 0.29) is 5.91 Å². The second-order valence-electron chi connectivity index (χ2n) is 6.72. The third-order valence-corrected chi connectivity index (χ3v) is 5.02. The molecule has 0 radical (unpaired) electrons. The van der Waals surface area contributed by atoms with Crippen LogP contribution in [0.15, 0.2) is 24.3 Å². The van der Waals surface area contributed by atoms with Gasteiger partial charge in [-0.25, -0.2) is 0 Å². The molecular formula is C18H26N2O2. The molecule has 1 N–H and O–H groups in total. The van der Waals surface area contributed by atoms with Crippen molar-refractivity contribution in [2.75, 3.05) is 25.0 Å². The molecule has 0 atom stereocenters. The third-order valence-electron chi connectivity index (χ3n) is 5.02. The van der Waals surface area contributed by atoms with Crippen LogP contribution in [0, 0.1) is 0 Å². The Labute approximate surface area is 132 Å². The summed E-state index contributed by atoms with van der Waals surface area (Å²) >= 11 is 0. The summed E-state index contributed by atoms with van der Waals surface area (Å²) in [6, 6.07) is 8.32. The Balaban J connectivity index is 1.73. The number of aliphatic hydroxyl groups is 1. The van der Waals surface area contributed by atoms with Crippen LogP contribution in [0.1, 0.15) is 44.1 Å². The van der Waals surface area contributed by atoms with Crippen molar-refractivity contribution < 1.29 is 9.90 Å². The number of benzene rings is 1. The van der Waals surface area contributed by atoms with Crippen LogP contribution in [0.3, 0.4) is 0 Å². The summed E-state index contributed by atoms with van der Waals surface area (Å²) in [5.74, 6) is -0.124. The molecule has 1 aromatic rings. The Hall–Kier alpha value is -1.55.